The lowest BCUT2D eigenvalue weighted by Gasteiger charge is -2.20. The van der Waals surface area contributed by atoms with Crippen LogP contribution in [0.1, 0.15) is 24.4 Å². The first-order valence-electron chi connectivity index (χ1n) is 4.81. The minimum absolute atomic E-state index is 0.425. The van der Waals surface area contributed by atoms with Gasteiger partial charge in [-0.25, -0.2) is 0 Å². The second kappa shape index (κ2) is 3.61. The Balaban J connectivity index is 2.33. The molecule has 1 unspecified atom stereocenters. The van der Waals surface area contributed by atoms with Gasteiger partial charge in [-0.2, -0.15) is 0 Å². The smallest absolute Gasteiger partial charge is 0.311 e. The van der Waals surface area contributed by atoms with Crippen molar-refractivity contribution in [2.45, 2.75) is 18.9 Å². The summed E-state index contributed by atoms with van der Waals surface area (Å²) in [6.45, 7) is 0. The van der Waals surface area contributed by atoms with Crippen LogP contribution in [-0.2, 0) is 4.79 Å². The van der Waals surface area contributed by atoms with Crippen LogP contribution in [0.25, 0.3) is 0 Å². The van der Waals surface area contributed by atoms with E-state index in [1.165, 1.54) is 0 Å². The number of nitrogens with two attached hydrogens (primary N) is 1. The first-order chi connectivity index (χ1) is 7.08. The molecule has 0 amide bonds. The molecular weight excluding hydrogens is 258 g/mol. The largest absolute Gasteiger partial charge is 0.481 e. The molecule has 4 heteroatoms. The fourth-order valence-electron chi connectivity index (χ4n) is 1.82. The van der Waals surface area contributed by atoms with Crippen molar-refractivity contribution in [3.8, 4) is 0 Å². The van der Waals surface area contributed by atoms with E-state index in [0.717, 1.165) is 10.0 Å². The van der Waals surface area contributed by atoms with Crippen molar-refractivity contribution < 1.29 is 9.90 Å². The first-order valence-corrected chi connectivity index (χ1v) is 5.60. The average molecular weight is 270 g/mol. The molecule has 0 heterocycles. The van der Waals surface area contributed by atoms with E-state index >= 15 is 0 Å². The zero-order valence-corrected chi connectivity index (χ0v) is 9.70. The number of halogens is 1. The highest BCUT2D eigenvalue weighted by Gasteiger charge is 2.55. The van der Waals surface area contributed by atoms with Crippen LogP contribution in [0, 0.1) is 5.41 Å². The predicted molar refractivity (Wildman–Crippen MR) is 60.4 cm³/mol. The summed E-state index contributed by atoms with van der Waals surface area (Å²) in [5.74, 6) is -0.786. The maximum absolute atomic E-state index is 11.1. The van der Waals surface area contributed by atoms with Crippen molar-refractivity contribution in [2.24, 2.45) is 11.1 Å². The Hall–Kier alpha value is -0.870. The number of carboxylic acids is 1. The molecule has 0 spiro atoms. The maximum Gasteiger partial charge on any atom is 0.311 e. The standard InChI is InChI=1S/C11H12BrNO2/c12-8-4-2-1-3-7(8)9(13)11(5-6-11)10(14)15/h1-4,9H,5-6,13H2,(H,14,15). The molecule has 0 radical (unpaired) electrons. The SMILES string of the molecule is NC(c1ccccc1Br)C1(C(=O)O)CC1. The fraction of sp³-hybridized carbons (Fsp3) is 0.364. The van der Waals surface area contributed by atoms with Crippen molar-refractivity contribution in [1.29, 1.82) is 0 Å². The number of benzene rings is 1. The Labute approximate surface area is 96.4 Å². The molecule has 80 valence electrons. The molecule has 0 bridgehead atoms. The predicted octanol–water partition coefficient (Wildman–Crippen LogP) is 2.31. The Morgan fingerprint density at radius 2 is 2.07 bits per heavy atom. The summed E-state index contributed by atoms with van der Waals surface area (Å²) < 4.78 is 0.880. The Bertz CT molecular complexity index is 401. The molecule has 0 aromatic heterocycles. The van der Waals surface area contributed by atoms with Crippen molar-refractivity contribution in [3.05, 3.63) is 34.3 Å². The van der Waals surface area contributed by atoms with Gasteiger partial charge in [-0.15, -0.1) is 0 Å². The summed E-state index contributed by atoms with van der Waals surface area (Å²) in [6, 6.07) is 7.09. The monoisotopic (exact) mass is 269 g/mol. The van der Waals surface area contributed by atoms with Crippen LogP contribution < -0.4 is 5.73 Å². The second-order valence-electron chi connectivity index (χ2n) is 3.96. The zero-order valence-electron chi connectivity index (χ0n) is 8.11. The minimum atomic E-state index is -0.786. The van der Waals surface area contributed by atoms with Gasteiger partial charge in [-0.05, 0) is 24.5 Å². The summed E-state index contributed by atoms with van der Waals surface area (Å²) in [6.07, 6.45) is 1.34. The number of hydrogen-bond acceptors (Lipinski definition) is 2. The van der Waals surface area contributed by atoms with Gasteiger partial charge in [0.25, 0.3) is 0 Å². The van der Waals surface area contributed by atoms with E-state index in [4.69, 9.17) is 10.8 Å². The number of hydrogen-bond donors (Lipinski definition) is 2. The van der Waals surface area contributed by atoms with Crippen LogP contribution >= 0.6 is 15.9 Å². The lowest BCUT2D eigenvalue weighted by Crippen LogP contribution is -2.30. The molecular formula is C11H12BrNO2. The molecule has 2 rings (SSSR count). The van der Waals surface area contributed by atoms with E-state index in [9.17, 15) is 4.79 Å². The molecule has 1 atom stereocenters. The minimum Gasteiger partial charge on any atom is -0.481 e. The zero-order chi connectivity index (χ0) is 11.1. The van der Waals surface area contributed by atoms with Gasteiger partial charge >= 0.3 is 5.97 Å². The molecule has 1 aromatic rings. The highest BCUT2D eigenvalue weighted by atomic mass is 79.9. The highest BCUT2D eigenvalue weighted by Crippen LogP contribution is 2.54. The molecule has 3 N–H and O–H groups in total. The van der Waals surface area contributed by atoms with E-state index in [2.05, 4.69) is 15.9 Å². The summed E-state index contributed by atoms with van der Waals surface area (Å²) in [5.41, 5.74) is 6.17. The Morgan fingerprint density at radius 3 is 2.53 bits per heavy atom. The lowest BCUT2D eigenvalue weighted by molar-refractivity contribution is -0.144. The lowest BCUT2D eigenvalue weighted by atomic mass is 9.91. The van der Waals surface area contributed by atoms with Crippen LogP contribution in [0.4, 0.5) is 0 Å². The molecule has 0 saturated heterocycles. The molecule has 3 nitrogen and oxygen atoms in total. The number of carbonyl (C=O) groups is 1. The van der Waals surface area contributed by atoms with Gasteiger partial charge in [0.15, 0.2) is 0 Å². The number of rotatable bonds is 3. The normalized spacial score (nSPS) is 19.6. The van der Waals surface area contributed by atoms with Gasteiger partial charge in [0.05, 0.1) is 5.41 Å². The first kappa shape index (κ1) is 10.6. The van der Waals surface area contributed by atoms with Crippen LogP contribution in [0.5, 0.6) is 0 Å². The van der Waals surface area contributed by atoms with E-state index in [-0.39, 0.29) is 0 Å². The van der Waals surface area contributed by atoms with Crippen LogP contribution in [0.15, 0.2) is 28.7 Å². The van der Waals surface area contributed by atoms with E-state index < -0.39 is 17.4 Å². The fourth-order valence-corrected chi connectivity index (χ4v) is 2.35. The van der Waals surface area contributed by atoms with Crippen LogP contribution in [-0.4, -0.2) is 11.1 Å². The third kappa shape index (κ3) is 1.68. The van der Waals surface area contributed by atoms with Gasteiger partial charge < -0.3 is 10.8 Å². The summed E-state index contributed by atoms with van der Waals surface area (Å²) >= 11 is 3.39. The molecule has 1 saturated carbocycles. The van der Waals surface area contributed by atoms with Crippen molar-refractivity contribution in [3.63, 3.8) is 0 Å². The van der Waals surface area contributed by atoms with Crippen molar-refractivity contribution in [1.82, 2.24) is 0 Å². The maximum atomic E-state index is 11.1. The van der Waals surface area contributed by atoms with Crippen LogP contribution in [0.2, 0.25) is 0 Å². The third-order valence-corrected chi connectivity index (χ3v) is 3.77. The molecule has 0 aliphatic heterocycles. The molecule has 1 aliphatic carbocycles. The van der Waals surface area contributed by atoms with Gasteiger partial charge in [-0.3, -0.25) is 4.79 Å². The summed E-state index contributed by atoms with van der Waals surface area (Å²) in [7, 11) is 0. The topological polar surface area (TPSA) is 63.3 Å². The number of carboxylic acid groups (broad SMARTS) is 1. The quantitative estimate of drug-likeness (QED) is 0.885. The molecule has 15 heavy (non-hydrogen) atoms. The summed E-state index contributed by atoms with van der Waals surface area (Å²) in [5, 5.41) is 9.13. The Kier molecular flexibility index (Phi) is 2.56. The Morgan fingerprint density at radius 1 is 1.47 bits per heavy atom. The average Bonchev–Trinajstić information content (AvgIpc) is 2.98. The molecule has 1 fully saturated rings. The van der Waals surface area contributed by atoms with Gasteiger partial charge in [0.2, 0.25) is 0 Å². The summed E-state index contributed by atoms with van der Waals surface area (Å²) in [4.78, 5) is 11.1. The van der Waals surface area contributed by atoms with E-state index in [1.54, 1.807) is 0 Å². The highest BCUT2D eigenvalue weighted by molar-refractivity contribution is 9.10. The van der Waals surface area contributed by atoms with E-state index in [0.29, 0.717) is 12.8 Å². The van der Waals surface area contributed by atoms with E-state index in [1.807, 2.05) is 24.3 Å². The van der Waals surface area contributed by atoms with Gasteiger partial charge in [0.1, 0.15) is 0 Å². The second-order valence-corrected chi connectivity index (χ2v) is 4.81. The molecule has 1 aliphatic rings. The third-order valence-electron chi connectivity index (χ3n) is 3.05. The van der Waals surface area contributed by atoms with Gasteiger partial charge in [0, 0.05) is 10.5 Å². The van der Waals surface area contributed by atoms with Gasteiger partial charge in [-0.1, -0.05) is 34.1 Å². The van der Waals surface area contributed by atoms with Crippen LogP contribution in [0.3, 0.4) is 0 Å². The molecule has 1 aromatic carbocycles. The van der Waals surface area contributed by atoms with Crippen molar-refractivity contribution in [2.75, 3.05) is 0 Å². The van der Waals surface area contributed by atoms with Crippen molar-refractivity contribution >= 4 is 21.9 Å². The number of aliphatic carboxylic acids is 1.